The maximum absolute atomic E-state index is 5.53. The van der Waals surface area contributed by atoms with Crippen molar-refractivity contribution in [1.29, 1.82) is 0 Å². The summed E-state index contributed by atoms with van der Waals surface area (Å²) in [5, 5.41) is 0. The van der Waals surface area contributed by atoms with Gasteiger partial charge in [0.2, 0.25) is 0 Å². The maximum Gasteiger partial charge on any atom is 0.107 e. The molecule has 0 aliphatic carbocycles. The van der Waals surface area contributed by atoms with Crippen LogP contribution in [0.4, 0.5) is 0 Å². The number of rotatable bonds is 0. The predicted molar refractivity (Wildman–Crippen MR) is 36.0 cm³/mol. The van der Waals surface area contributed by atoms with Gasteiger partial charge in [0.1, 0.15) is 7.85 Å². The topological polar surface area (TPSA) is 3.24 Å². The van der Waals surface area contributed by atoms with Crippen molar-refractivity contribution in [2.45, 2.75) is 6.42 Å². The van der Waals surface area contributed by atoms with E-state index < -0.39 is 0 Å². The number of nitrogens with zero attached hydrogens (tertiary/aromatic N) is 1. The quantitative estimate of drug-likeness (QED) is 0.404. The molecule has 0 bridgehead atoms. The molecule has 0 spiro atoms. The molecule has 0 fully saturated rings. The van der Waals surface area contributed by atoms with Gasteiger partial charge in [-0.15, -0.1) is 5.47 Å². The van der Waals surface area contributed by atoms with Crippen LogP contribution in [0, 0.1) is 0 Å². The SMILES string of the molecule is [B]C1=CCN(C)CC1. The zero-order valence-corrected chi connectivity index (χ0v) is 5.22. The lowest BCUT2D eigenvalue weighted by atomic mass is 9.90. The Hall–Kier alpha value is -0.235. The van der Waals surface area contributed by atoms with Crippen LogP contribution in [0.1, 0.15) is 6.42 Å². The third-order valence-electron chi connectivity index (χ3n) is 1.45. The van der Waals surface area contributed by atoms with Gasteiger partial charge in [-0.3, -0.25) is 0 Å². The van der Waals surface area contributed by atoms with E-state index in [9.17, 15) is 0 Å². The van der Waals surface area contributed by atoms with Crippen molar-refractivity contribution < 1.29 is 0 Å². The van der Waals surface area contributed by atoms with Crippen LogP contribution in [0.15, 0.2) is 11.5 Å². The molecule has 0 amide bonds. The Balaban J connectivity index is 2.42. The van der Waals surface area contributed by atoms with Gasteiger partial charge in [0, 0.05) is 13.1 Å². The Morgan fingerprint density at radius 3 is 2.88 bits per heavy atom. The van der Waals surface area contributed by atoms with Gasteiger partial charge in [0.05, 0.1) is 0 Å². The minimum absolute atomic E-state index is 1.02. The van der Waals surface area contributed by atoms with Crippen molar-refractivity contribution >= 4 is 7.85 Å². The van der Waals surface area contributed by atoms with E-state index in [0.717, 1.165) is 25.0 Å². The Kier molecular flexibility index (Phi) is 1.74. The summed E-state index contributed by atoms with van der Waals surface area (Å²) in [6.45, 7) is 2.13. The Morgan fingerprint density at radius 1 is 1.75 bits per heavy atom. The molecule has 8 heavy (non-hydrogen) atoms. The third-order valence-corrected chi connectivity index (χ3v) is 1.45. The highest BCUT2D eigenvalue weighted by Crippen LogP contribution is 2.03. The molecular formula is C6H10BN. The summed E-state index contributed by atoms with van der Waals surface area (Å²) in [6, 6.07) is 0. The summed E-state index contributed by atoms with van der Waals surface area (Å²) in [5.74, 6) is 0. The minimum Gasteiger partial charge on any atom is -0.302 e. The van der Waals surface area contributed by atoms with E-state index in [1.54, 1.807) is 0 Å². The molecule has 1 rings (SSSR count). The molecule has 0 saturated heterocycles. The van der Waals surface area contributed by atoms with Gasteiger partial charge in [0.25, 0.3) is 0 Å². The zero-order valence-electron chi connectivity index (χ0n) is 5.22. The van der Waals surface area contributed by atoms with Crippen LogP contribution in [0.2, 0.25) is 0 Å². The fourth-order valence-corrected chi connectivity index (χ4v) is 0.786. The van der Waals surface area contributed by atoms with Gasteiger partial charge in [-0.2, -0.15) is 0 Å². The summed E-state index contributed by atoms with van der Waals surface area (Å²) >= 11 is 0. The normalized spacial score (nSPS) is 22.9. The standard InChI is InChI=1S/C6H10BN/c1-8-4-2-6(7)3-5-8/h2H,3-5H2,1H3. The molecule has 2 heteroatoms. The lowest BCUT2D eigenvalue weighted by Gasteiger charge is -2.19. The molecule has 0 N–H and O–H groups in total. The van der Waals surface area contributed by atoms with Crippen molar-refractivity contribution in [3.05, 3.63) is 11.5 Å². The van der Waals surface area contributed by atoms with Gasteiger partial charge in [-0.05, 0) is 13.5 Å². The van der Waals surface area contributed by atoms with E-state index in [1.807, 2.05) is 0 Å². The first-order chi connectivity index (χ1) is 3.79. The van der Waals surface area contributed by atoms with Crippen LogP contribution < -0.4 is 0 Å². The molecule has 0 unspecified atom stereocenters. The summed E-state index contributed by atoms with van der Waals surface area (Å²) in [7, 11) is 7.63. The molecule has 0 aromatic carbocycles. The molecular weight excluding hydrogens is 96.9 g/mol. The predicted octanol–water partition coefficient (Wildman–Crippen LogP) is 0.374. The summed E-state index contributed by atoms with van der Waals surface area (Å²) in [5.41, 5.74) is 1.04. The molecule has 1 nitrogen and oxygen atoms in total. The van der Waals surface area contributed by atoms with Crippen molar-refractivity contribution in [3.63, 3.8) is 0 Å². The molecule has 0 aromatic rings. The Bertz CT molecular complexity index is 109. The van der Waals surface area contributed by atoms with Crippen LogP contribution >= 0.6 is 0 Å². The van der Waals surface area contributed by atoms with Gasteiger partial charge in [-0.25, -0.2) is 0 Å². The molecule has 1 aliphatic rings. The molecule has 0 atom stereocenters. The summed E-state index contributed by atoms with van der Waals surface area (Å²) < 4.78 is 0. The zero-order chi connectivity index (χ0) is 5.98. The first-order valence-electron chi connectivity index (χ1n) is 2.92. The minimum atomic E-state index is 1.02. The lowest BCUT2D eigenvalue weighted by Crippen LogP contribution is -2.24. The van der Waals surface area contributed by atoms with Crippen LogP contribution in [-0.2, 0) is 0 Å². The third kappa shape index (κ3) is 1.37. The number of hydrogen-bond donors (Lipinski definition) is 0. The van der Waals surface area contributed by atoms with Gasteiger partial charge >= 0.3 is 0 Å². The largest absolute Gasteiger partial charge is 0.302 e. The van der Waals surface area contributed by atoms with Gasteiger partial charge < -0.3 is 4.90 Å². The molecule has 1 aliphatic heterocycles. The van der Waals surface area contributed by atoms with E-state index in [1.165, 1.54) is 0 Å². The Labute approximate surface area is 51.8 Å². The van der Waals surface area contributed by atoms with Crippen molar-refractivity contribution in [1.82, 2.24) is 4.90 Å². The first-order valence-corrected chi connectivity index (χ1v) is 2.92. The van der Waals surface area contributed by atoms with Crippen LogP contribution in [0.5, 0.6) is 0 Å². The highest BCUT2D eigenvalue weighted by atomic mass is 15.1. The second-order valence-electron chi connectivity index (χ2n) is 2.29. The molecule has 0 aromatic heterocycles. The van der Waals surface area contributed by atoms with E-state index in [0.29, 0.717) is 0 Å². The van der Waals surface area contributed by atoms with Crippen LogP contribution in [0.3, 0.4) is 0 Å². The fourth-order valence-electron chi connectivity index (χ4n) is 0.786. The van der Waals surface area contributed by atoms with Gasteiger partial charge in [0.15, 0.2) is 0 Å². The van der Waals surface area contributed by atoms with Gasteiger partial charge in [-0.1, -0.05) is 6.08 Å². The average molecular weight is 107 g/mol. The van der Waals surface area contributed by atoms with Crippen molar-refractivity contribution in [2.24, 2.45) is 0 Å². The van der Waals surface area contributed by atoms with Crippen LogP contribution in [0.25, 0.3) is 0 Å². The summed E-state index contributed by atoms with van der Waals surface area (Å²) in [6.07, 6.45) is 3.11. The summed E-state index contributed by atoms with van der Waals surface area (Å²) in [4.78, 5) is 2.25. The van der Waals surface area contributed by atoms with E-state index in [2.05, 4.69) is 18.0 Å². The molecule has 42 valence electrons. The Morgan fingerprint density at radius 2 is 2.50 bits per heavy atom. The van der Waals surface area contributed by atoms with E-state index >= 15 is 0 Å². The second-order valence-corrected chi connectivity index (χ2v) is 2.29. The highest BCUT2D eigenvalue weighted by Gasteiger charge is 2.01. The molecule has 1 heterocycles. The van der Waals surface area contributed by atoms with Crippen molar-refractivity contribution in [3.8, 4) is 0 Å². The van der Waals surface area contributed by atoms with Crippen LogP contribution in [-0.4, -0.2) is 32.9 Å². The van der Waals surface area contributed by atoms with E-state index in [4.69, 9.17) is 7.85 Å². The monoisotopic (exact) mass is 107 g/mol. The first kappa shape index (κ1) is 5.89. The molecule has 0 saturated carbocycles. The number of likely N-dealkylation sites (N-methyl/N-ethyl adjacent to an activating group) is 1. The highest BCUT2D eigenvalue weighted by molar-refractivity contribution is 6.21. The fraction of sp³-hybridized carbons (Fsp3) is 0.667. The van der Waals surface area contributed by atoms with Crippen molar-refractivity contribution in [2.75, 3.05) is 20.1 Å². The molecule has 2 radical (unpaired) electrons. The van der Waals surface area contributed by atoms with E-state index in [-0.39, 0.29) is 0 Å². The average Bonchev–Trinajstić information content (AvgIpc) is 1.77. The lowest BCUT2D eigenvalue weighted by molar-refractivity contribution is 0.363. The number of hydrogen-bond acceptors (Lipinski definition) is 1. The maximum atomic E-state index is 5.53. The second kappa shape index (κ2) is 2.36. The smallest absolute Gasteiger partial charge is 0.107 e.